The van der Waals surface area contributed by atoms with Crippen LogP contribution in [0.5, 0.6) is 0 Å². The molecule has 0 aliphatic carbocycles. The molecule has 2 heterocycles. The van der Waals surface area contributed by atoms with Gasteiger partial charge in [-0.05, 0) is 26.0 Å². The number of amides is 1. The van der Waals surface area contributed by atoms with Gasteiger partial charge >= 0.3 is 0 Å². The van der Waals surface area contributed by atoms with E-state index in [0.717, 1.165) is 4.70 Å². The van der Waals surface area contributed by atoms with E-state index in [1.54, 1.807) is 32.9 Å². The molecule has 2 aromatic heterocycles. The highest BCUT2D eigenvalue weighted by molar-refractivity contribution is 7.21. The van der Waals surface area contributed by atoms with E-state index in [9.17, 15) is 4.79 Å². The summed E-state index contributed by atoms with van der Waals surface area (Å²) in [5.41, 5.74) is -0.824. The van der Waals surface area contributed by atoms with Gasteiger partial charge in [-0.3, -0.25) is 4.79 Å². The molecule has 1 amide bonds. The first-order valence-electron chi connectivity index (χ1n) is 6.89. The van der Waals surface area contributed by atoms with Crippen molar-refractivity contribution in [1.82, 2.24) is 15.5 Å². The zero-order valence-electron chi connectivity index (χ0n) is 12.9. The lowest BCUT2D eigenvalue weighted by atomic mass is 10.0. The highest BCUT2D eigenvalue weighted by atomic mass is 35.5. The molecule has 3 rings (SSSR count). The molecule has 0 saturated carbocycles. The van der Waals surface area contributed by atoms with E-state index in [0.29, 0.717) is 37.0 Å². The van der Waals surface area contributed by atoms with Crippen LogP contribution < -0.4 is 5.32 Å². The number of hydrogen-bond acceptors (Lipinski definition) is 5. The maximum absolute atomic E-state index is 12.7. The van der Waals surface area contributed by atoms with Gasteiger partial charge in [-0.2, -0.15) is 4.98 Å². The summed E-state index contributed by atoms with van der Waals surface area (Å²) in [5.74, 6) is 0.459. The van der Waals surface area contributed by atoms with Crippen molar-refractivity contribution in [2.45, 2.75) is 26.3 Å². The van der Waals surface area contributed by atoms with Gasteiger partial charge in [0, 0.05) is 22.0 Å². The molecule has 0 bridgehead atoms. The van der Waals surface area contributed by atoms with Crippen LogP contribution in [-0.2, 0) is 5.54 Å². The summed E-state index contributed by atoms with van der Waals surface area (Å²) >= 11 is 19.8. The van der Waals surface area contributed by atoms with Gasteiger partial charge in [0.15, 0.2) is 5.82 Å². The molecular formula is C15H12Cl3N3O2S. The average Bonchev–Trinajstić information content (AvgIpc) is 3.03. The number of aromatic nitrogens is 2. The standard InChI is InChI=1S/C15H12Cl3N3O2S/c1-6-19-14(21-23-6)15(2,3)20-13(22)12-11(18)10-8(17)4-7(16)5-9(10)24-12/h4-5H,1-3H3,(H,20,22). The Morgan fingerprint density at radius 1 is 1.29 bits per heavy atom. The van der Waals surface area contributed by atoms with Crippen molar-refractivity contribution in [3.63, 3.8) is 0 Å². The van der Waals surface area contributed by atoms with Gasteiger partial charge in [0.2, 0.25) is 5.89 Å². The van der Waals surface area contributed by atoms with E-state index in [4.69, 9.17) is 39.3 Å². The summed E-state index contributed by atoms with van der Waals surface area (Å²) < 4.78 is 5.72. The summed E-state index contributed by atoms with van der Waals surface area (Å²) in [5, 5.41) is 8.53. The Morgan fingerprint density at radius 3 is 2.62 bits per heavy atom. The SMILES string of the molecule is Cc1nc(C(C)(C)NC(=O)c2sc3cc(Cl)cc(Cl)c3c2Cl)no1. The second-order valence-corrected chi connectivity index (χ2v) is 8.00. The molecule has 0 atom stereocenters. The van der Waals surface area contributed by atoms with E-state index in [1.807, 2.05) is 0 Å². The monoisotopic (exact) mass is 403 g/mol. The molecule has 0 fully saturated rings. The molecule has 0 radical (unpaired) electrons. The first-order valence-corrected chi connectivity index (χ1v) is 8.84. The Kier molecular flexibility index (Phi) is 4.51. The second kappa shape index (κ2) is 6.19. The molecule has 1 aromatic carbocycles. The number of nitrogens with one attached hydrogen (secondary N) is 1. The lowest BCUT2D eigenvalue weighted by molar-refractivity contribution is 0.0912. The number of carbonyl (C=O) groups is 1. The molecule has 0 saturated heterocycles. The highest BCUT2D eigenvalue weighted by Crippen LogP contribution is 2.41. The van der Waals surface area contributed by atoms with E-state index in [-0.39, 0.29) is 5.91 Å². The number of thiophene rings is 1. The molecule has 5 nitrogen and oxygen atoms in total. The van der Waals surface area contributed by atoms with Crippen molar-refractivity contribution in [3.05, 3.63) is 43.8 Å². The van der Waals surface area contributed by atoms with Crippen molar-refractivity contribution < 1.29 is 9.32 Å². The quantitative estimate of drug-likeness (QED) is 0.650. The number of aryl methyl sites for hydroxylation is 1. The van der Waals surface area contributed by atoms with Crippen LogP contribution in [0, 0.1) is 6.92 Å². The normalized spacial score (nSPS) is 11.9. The third-order valence-electron chi connectivity index (χ3n) is 3.37. The van der Waals surface area contributed by atoms with Crippen LogP contribution >= 0.6 is 46.1 Å². The Morgan fingerprint density at radius 2 is 2.00 bits per heavy atom. The van der Waals surface area contributed by atoms with Gasteiger partial charge in [0.25, 0.3) is 5.91 Å². The van der Waals surface area contributed by atoms with E-state index >= 15 is 0 Å². The number of benzene rings is 1. The minimum Gasteiger partial charge on any atom is -0.340 e. The molecule has 0 unspecified atom stereocenters. The van der Waals surface area contributed by atoms with Crippen LogP contribution in [-0.4, -0.2) is 16.0 Å². The summed E-state index contributed by atoms with van der Waals surface area (Å²) in [6.07, 6.45) is 0. The first kappa shape index (κ1) is 17.5. The highest BCUT2D eigenvalue weighted by Gasteiger charge is 2.30. The van der Waals surface area contributed by atoms with Crippen LogP contribution in [0.4, 0.5) is 0 Å². The molecule has 0 spiro atoms. The van der Waals surface area contributed by atoms with Crippen molar-refractivity contribution in [3.8, 4) is 0 Å². The number of fused-ring (bicyclic) bond motifs is 1. The van der Waals surface area contributed by atoms with E-state index < -0.39 is 5.54 Å². The number of hydrogen-bond donors (Lipinski definition) is 1. The molecular weight excluding hydrogens is 393 g/mol. The first-order chi connectivity index (χ1) is 11.2. The Bertz CT molecular complexity index is 949. The smallest absolute Gasteiger partial charge is 0.263 e. The Labute approximate surface area is 156 Å². The van der Waals surface area contributed by atoms with Crippen LogP contribution in [0.15, 0.2) is 16.7 Å². The fourth-order valence-corrected chi connectivity index (χ4v) is 4.48. The van der Waals surface area contributed by atoms with Gasteiger partial charge < -0.3 is 9.84 Å². The van der Waals surface area contributed by atoms with Crippen LogP contribution in [0.2, 0.25) is 15.1 Å². The van der Waals surface area contributed by atoms with Crippen molar-refractivity contribution in [1.29, 1.82) is 0 Å². The van der Waals surface area contributed by atoms with Crippen molar-refractivity contribution in [2.75, 3.05) is 0 Å². The fraction of sp³-hybridized carbons (Fsp3) is 0.267. The molecule has 0 aliphatic rings. The Balaban J connectivity index is 1.97. The van der Waals surface area contributed by atoms with E-state index in [1.165, 1.54) is 11.3 Å². The van der Waals surface area contributed by atoms with Gasteiger partial charge in [0.05, 0.1) is 15.6 Å². The predicted octanol–water partition coefficient (Wildman–Crippen LogP) is 5.22. The largest absolute Gasteiger partial charge is 0.340 e. The van der Waals surface area contributed by atoms with Gasteiger partial charge in [0.1, 0.15) is 4.88 Å². The lowest BCUT2D eigenvalue weighted by Gasteiger charge is -2.21. The van der Waals surface area contributed by atoms with Crippen LogP contribution in [0.1, 0.15) is 35.2 Å². The average molecular weight is 405 g/mol. The number of halogens is 3. The van der Waals surface area contributed by atoms with Crippen LogP contribution in [0.3, 0.4) is 0 Å². The summed E-state index contributed by atoms with van der Waals surface area (Å²) in [6.45, 7) is 5.24. The number of rotatable bonds is 3. The van der Waals surface area contributed by atoms with Crippen molar-refractivity contribution >= 4 is 62.1 Å². The van der Waals surface area contributed by atoms with Crippen molar-refractivity contribution in [2.24, 2.45) is 0 Å². The maximum Gasteiger partial charge on any atom is 0.263 e. The fourth-order valence-electron chi connectivity index (χ4n) is 2.21. The van der Waals surface area contributed by atoms with Gasteiger partial charge in [-0.25, -0.2) is 0 Å². The van der Waals surface area contributed by atoms with Gasteiger partial charge in [-0.1, -0.05) is 40.0 Å². The number of carbonyl (C=O) groups excluding carboxylic acids is 1. The molecule has 9 heteroatoms. The minimum atomic E-state index is -0.824. The van der Waals surface area contributed by atoms with Gasteiger partial charge in [-0.15, -0.1) is 11.3 Å². The topological polar surface area (TPSA) is 68.0 Å². The third kappa shape index (κ3) is 3.11. The maximum atomic E-state index is 12.7. The molecule has 1 N–H and O–H groups in total. The summed E-state index contributed by atoms with van der Waals surface area (Å²) in [6, 6.07) is 3.32. The zero-order chi connectivity index (χ0) is 17.6. The molecule has 0 aliphatic heterocycles. The molecule has 24 heavy (non-hydrogen) atoms. The zero-order valence-corrected chi connectivity index (χ0v) is 16.0. The second-order valence-electron chi connectivity index (χ2n) is 5.72. The minimum absolute atomic E-state index is 0.300. The molecule has 126 valence electrons. The predicted molar refractivity (Wildman–Crippen MR) is 96.4 cm³/mol. The summed E-state index contributed by atoms with van der Waals surface area (Å²) in [4.78, 5) is 17.2. The third-order valence-corrected chi connectivity index (χ3v) is 5.51. The Hall–Kier alpha value is -1.34. The van der Waals surface area contributed by atoms with Crippen LogP contribution in [0.25, 0.3) is 10.1 Å². The summed E-state index contributed by atoms with van der Waals surface area (Å²) in [7, 11) is 0. The molecule has 3 aromatic rings. The lowest BCUT2D eigenvalue weighted by Crippen LogP contribution is -2.41. The number of nitrogens with zero attached hydrogens (tertiary/aromatic N) is 2. The van der Waals surface area contributed by atoms with E-state index in [2.05, 4.69) is 15.5 Å².